The first-order valence-electron chi connectivity index (χ1n) is 9.02. The van der Waals surface area contributed by atoms with Gasteiger partial charge in [-0.25, -0.2) is 15.0 Å². The number of para-hydroxylation sites is 1. The minimum atomic E-state index is -4.61. The van der Waals surface area contributed by atoms with Gasteiger partial charge in [-0.05, 0) is 18.2 Å². The summed E-state index contributed by atoms with van der Waals surface area (Å²) in [6.07, 6.45) is -4.61. The molecule has 0 aliphatic rings. The summed E-state index contributed by atoms with van der Waals surface area (Å²) in [6.45, 7) is 0. The number of thiazole rings is 1. The zero-order valence-corrected chi connectivity index (χ0v) is 18.1. The topological polar surface area (TPSA) is 57.1 Å². The van der Waals surface area contributed by atoms with Crippen LogP contribution in [0.3, 0.4) is 0 Å². The van der Waals surface area contributed by atoms with Gasteiger partial charge in [0.1, 0.15) is 21.5 Å². The zero-order valence-electron chi connectivity index (χ0n) is 16.4. The Labute approximate surface area is 184 Å². The molecule has 2 aromatic heterocycles. The molecule has 10 heteroatoms. The van der Waals surface area contributed by atoms with Crippen molar-refractivity contribution >= 4 is 34.0 Å². The summed E-state index contributed by atoms with van der Waals surface area (Å²) >= 11 is 2.63. The zero-order chi connectivity index (χ0) is 22.0. The molecule has 0 aliphatic carbocycles. The molecule has 2 aromatic carbocycles. The second-order valence-corrected chi connectivity index (χ2v) is 8.19. The van der Waals surface area contributed by atoms with Gasteiger partial charge in [0.05, 0.1) is 31.0 Å². The standard InChI is InChI=1S/C21H16F3N3O2S2/c1-28-13-7-8-15(17(9-13)29-2)19-25-12(11-31-19)10-30-18-14-5-3-4-6-16(14)26-20(27-18)21(22,23)24/h3-9,11H,10H2,1-2H3. The highest BCUT2D eigenvalue weighted by molar-refractivity contribution is 7.98. The molecule has 5 nitrogen and oxygen atoms in total. The molecule has 0 atom stereocenters. The molecular formula is C21H16F3N3O2S2. The summed E-state index contributed by atoms with van der Waals surface area (Å²) in [7, 11) is 3.15. The molecule has 4 aromatic rings. The third-order valence-corrected chi connectivity index (χ3v) is 6.32. The minimum absolute atomic E-state index is 0.259. The van der Waals surface area contributed by atoms with Crippen LogP contribution in [0.4, 0.5) is 13.2 Å². The molecule has 0 bridgehead atoms. The van der Waals surface area contributed by atoms with E-state index in [9.17, 15) is 13.2 Å². The minimum Gasteiger partial charge on any atom is -0.497 e. The van der Waals surface area contributed by atoms with Crippen molar-refractivity contribution in [2.24, 2.45) is 0 Å². The molecule has 160 valence electrons. The second kappa shape index (κ2) is 8.72. The quantitative estimate of drug-likeness (QED) is 0.255. The van der Waals surface area contributed by atoms with Gasteiger partial charge in [0.15, 0.2) is 0 Å². The van der Waals surface area contributed by atoms with Crippen LogP contribution in [0.2, 0.25) is 0 Å². The van der Waals surface area contributed by atoms with E-state index in [0.717, 1.165) is 16.3 Å². The van der Waals surface area contributed by atoms with Gasteiger partial charge in [0, 0.05) is 22.6 Å². The number of ether oxygens (including phenoxy) is 2. The summed E-state index contributed by atoms with van der Waals surface area (Å²) in [5.41, 5.74) is 1.81. The van der Waals surface area contributed by atoms with Gasteiger partial charge in [-0.15, -0.1) is 11.3 Å². The van der Waals surface area contributed by atoms with Crippen molar-refractivity contribution in [1.82, 2.24) is 15.0 Å². The Morgan fingerprint density at radius 2 is 1.81 bits per heavy atom. The first kappa shape index (κ1) is 21.4. The third-order valence-electron chi connectivity index (χ3n) is 4.37. The highest BCUT2D eigenvalue weighted by Gasteiger charge is 2.35. The number of aromatic nitrogens is 3. The Morgan fingerprint density at radius 1 is 1.00 bits per heavy atom. The summed E-state index contributed by atoms with van der Waals surface area (Å²) in [4.78, 5) is 12.0. The Balaban J connectivity index is 1.60. The van der Waals surface area contributed by atoms with E-state index in [0.29, 0.717) is 22.6 Å². The largest absolute Gasteiger partial charge is 0.497 e. The Morgan fingerprint density at radius 3 is 2.55 bits per heavy atom. The average Bonchev–Trinajstić information content (AvgIpc) is 3.25. The van der Waals surface area contributed by atoms with E-state index in [1.54, 1.807) is 44.6 Å². The fraction of sp³-hybridized carbons (Fsp3) is 0.190. The van der Waals surface area contributed by atoms with E-state index in [1.807, 2.05) is 17.5 Å². The molecule has 31 heavy (non-hydrogen) atoms. The van der Waals surface area contributed by atoms with Crippen molar-refractivity contribution in [1.29, 1.82) is 0 Å². The van der Waals surface area contributed by atoms with E-state index in [4.69, 9.17) is 9.47 Å². The fourth-order valence-corrected chi connectivity index (χ4v) is 4.77. The third kappa shape index (κ3) is 4.59. The number of nitrogens with zero attached hydrogens (tertiary/aromatic N) is 3. The van der Waals surface area contributed by atoms with E-state index in [-0.39, 0.29) is 10.5 Å². The van der Waals surface area contributed by atoms with Crippen LogP contribution in [0.5, 0.6) is 11.5 Å². The first-order valence-corrected chi connectivity index (χ1v) is 10.9. The molecule has 2 heterocycles. The highest BCUT2D eigenvalue weighted by Crippen LogP contribution is 2.37. The van der Waals surface area contributed by atoms with Gasteiger partial charge < -0.3 is 9.47 Å². The van der Waals surface area contributed by atoms with Gasteiger partial charge in [0.2, 0.25) is 5.82 Å². The number of methoxy groups -OCH3 is 2. The molecule has 0 amide bonds. The predicted octanol–water partition coefficient (Wildman–Crippen LogP) is 6.08. The van der Waals surface area contributed by atoms with Crippen LogP contribution in [-0.2, 0) is 11.9 Å². The van der Waals surface area contributed by atoms with Gasteiger partial charge in [0.25, 0.3) is 0 Å². The van der Waals surface area contributed by atoms with E-state index < -0.39 is 12.0 Å². The second-order valence-electron chi connectivity index (χ2n) is 6.37. The molecule has 0 N–H and O–H groups in total. The maximum absolute atomic E-state index is 13.2. The number of benzene rings is 2. The maximum atomic E-state index is 13.2. The van der Waals surface area contributed by atoms with E-state index >= 15 is 0 Å². The first-order chi connectivity index (χ1) is 14.9. The number of rotatable bonds is 6. The maximum Gasteiger partial charge on any atom is 0.451 e. The van der Waals surface area contributed by atoms with Crippen LogP contribution < -0.4 is 9.47 Å². The number of hydrogen-bond donors (Lipinski definition) is 0. The molecule has 0 fully saturated rings. The Bertz CT molecular complexity index is 1230. The van der Waals surface area contributed by atoms with E-state index in [2.05, 4.69) is 15.0 Å². The van der Waals surface area contributed by atoms with Crippen LogP contribution in [0, 0.1) is 0 Å². The average molecular weight is 464 g/mol. The lowest BCUT2D eigenvalue weighted by Crippen LogP contribution is -2.11. The molecule has 0 unspecified atom stereocenters. The van der Waals surface area contributed by atoms with Crippen LogP contribution in [0.1, 0.15) is 11.5 Å². The molecule has 0 aliphatic heterocycles. The lowest BCUT2D eigenvalue weighted by atomic mass is 10.2. The number of fused-ring (bicyclic) bond motifs is 1. The smallest absolute Gasteiger partial charge is 0.451 e. The molecule has 0 saturated heterocycles. The summed E-state index contributed by atoms with van der Waals surface area (Å²) < 4.78 is 50.3. The van der Waals surface area contributed by atoms with Gasteiger partial charge in [-0.2, -0.15) is 13.2 Å². The van der Waals surface area contributed by atoms with Crippen molar-refractivity contribution in [2.75, 3.05) is 14.2 Å². The van der Waals surface area contributed by atoms with Gasteiger partial charge in [-0.3, -0.25) is 0 Å². The van der Waals surface area contributed by atoms with E-state index in [1.165, 1.54) is 23.1 Å². The van der Waals surface area contributed by atoms with Crippen molar-refractivity contribution < 1.29 is 22.6 Å². The predicted molar refractivity (Wildman–Crippen MR) is 115 cm³/mol. The molecule has 0 saturated carbocycles. The number of thioether (sulfide) groups is 1. The Hall–Kier alpha value is -2.85. The van der Waals surface area contributed by atoms with Crippen molar-refractivity contribution in [3.05, 3.63) is 59.4 Å². The fourth-order valence-electron chi connectivity index (χ4n) is 2.90. The number of halogens is 3. The monoisotopic (exact) mass is 463 g/mol. The van der Waals surface area contributed by atoms with Crippen LogP contribution in [0.25, 0.3) is 21.5 Å². The van der Waals surface area contributed by atoms with Crippen LogP contribution in [-0.4, -0.2) is 29.2 Å². The van der Waals surface area contributed by atoms with Crippen molar-refractivity contribution in [3.63, 3.8) is 0 Å². The van der Waals surface area contributed by atoms with Crippen LogP contribution >= 0.6 is 23.1 Å². The molecule has 0 radical (unpaired) electrons. The SMILES string of the molecule is COc1ccc(-c2nc(CSc3nc(C(F)(F)F)nc4ccccc34)cs2)c(OC)c1. The van der Waals surface area contributed by atoms with Gasteiger partial charge in [-0.1, -0.05) is 30.0 Å². The summed E-state index contributed by atoms with van der Waals surface area (Å²) in [6, 6.07) is 12.1. The molecule has 0 spiro atoms. The normalized spacial score (nSPS) is 11.6. The highest BCUT2D eigenvalue weighted by atomic mass is 32.2. The van der Waals surface area contributed by atoms with Crippen molar-refractivity contribution in [3.8, 4) is 22.1 Å². The lowest BCUT2D eigenvalue weighted by Gasteiger charge is -2.10. The summed E-state index contributed by atoms with van der Waals surface area (Å²) in [5, 5.41) is 3.47. The number of hydrogen-bond acceptors (Lipinski definition) is 7. The van der Waals surface area contributed by atoms with Gasteiger partial charge >= 0.3 is 6.18 Å². The molecule has 4 rings (SSSR count). The van der Waals surface area contributed by atoms with Crippen molar-refractivity contribution in [2.45, 2.75) is 17.0 Å². The Kier molecular flexibility index (Phi) is 6.01. The number of alkyl halides is 3. The summed E-state index contributed by atoms with van der Waals surface area (Å²) in [5.74, 6) is 0.525. The van der Waals surface area contributed by atoms with Crippen LogP contribution in [0.15, 0.2) is 52.9 Å². The lowest BCUT2D eigenvalue weighted by molar-refractivity contribution is -0.145. The molecular weight excluding hydrogens is 447 g/mol.